The summed E-state index contributed by atoms with van der Waals surface area (Å²) in [6.07, 6.45) is 1.06. The van der Waals surface area contributed by atoms with E-state index in [2.05, 4.69) is 39.2 Å². The van der Waals surface area contributed by atoms with Crippen molar-refractivity contribution in [2.75, 3.05) is 7.05 Å². The Morgan fingerprint density at radius 1 is 1.50 bits per heavy atom. The first-order valence-electron chi connectivity index (χ1n) is 5.30. The van der Waals surface area contributed by atoms with Gasteiger partial charge in [-0.3, -0.25) is 0 Å². The number of hydrogen-bond donors (Lipinski definition) is 1. The van der Waals surface area contributed by atoms with Gasteiger partial charge in [0.05, 0.1) is 13.1 Å². The summed E-state index contributed by atoms with van der Waals surface area (Å²) in [5.41, 5.74) is 1.39. The average molecular weight is 237 g/mol. The Balaban J connectivity index is 2.17. The van der Waals surface area contributed by atoms with Crippen LogP contribution in [0.4, 0.5) is 0 Å². The minimum atomic E-state index is 0.694. The second kappa shape index (κ2) is 5.18. The van der Waals surface area contributed by atoms with E-state index >= 15 is 0 Å². The average Bonchev–Trinajstić information content (AvgIpc) is 2.89. The summed E-state index contributed by atoms with van der Waals surface area (Å²) in [6, 6.07) is 2.17. The highest BCUT2D eigenvalue weighted by molar-refractivity contribution is 7.10. The van der Waals surface area contributed by atoms with E-state index in [4.69, 9.17) is 0 Å². The van der Waals surface area contributed by atoms with Crippen molar-refractivity contribution in [3.05, 3.63) is 27.7 Å². The first kappa shape index (κ1) is 11.2. The van der Waals surface area contributed by atoms with Crippen LogP contribution in [0.3, 0.4) is 0 Å². The van der Waals surface area contributed by atoms with Gasteiger partial charge in [0.25, 0.3) is 0 Å². The maximum atomic E-state index is 4.01. The van der Waals surface area contributed by atoms with E-state index in [1.165, 1.54) is 10.4 Å². The van der Waals surface area contributed by atoms with Crippen molar-refractivity contribution in [2.24, 2.45) is 0 Å². The van der Waals surface area contributed by atoms with Crippen molar-refractivity contribution in [3.63, 3.8) is 0 Å². The molecule has 5 nitrogen and oxygen atoms in total. The van der Waals surface area contributed by atoms with Gasteiger partial charge in [-0.15, -0.1) is 16.4 Å². The lowest BCUT2D eigenvalue weighted by molar-refractivity contribution is 0.603. The maximum Gasteiger partial charge on any atom is 0.165 e. The molecule has 0 atom stereocenters. The van der Waals surface area contributed by atoms with Crippen molar-refractivity contribution >= 4 is 11.3 Å². The van der Waals surface area contributed by atoms with Gasteiger partial charge in [0.15, 0.2) is 5.82 Å². The highest BCUT2D eigenvalue weighted by Gasteiger charge is 2.08. The Bertz CT molecular complexity index is 448. The minimum absolute atomic E-state index is 0.694. The monoisotopic (exact) mass is 237 g/mol. The molecular weight excluding hydrogens is 222 g/mol. The zero-order valence-corrected chi connectivity index (χ0v) is 10.3. The van der Waals surface area contributed by atoms with Crippen molar-refractivity contribution in [1.29, 1.82) is 0 Å². The van der Waals surface area contributed by atoms with Crippen LogP contribution in [0.2, 0.25) is 0 Å². The molecule has 0 aromatic carbocycles. The van der Waals surface area contributed by atoms with Crippen LogP contribution in [0.5, 0.6) is 0 Å². The summed E-state index contributed by atoms with van der Waals surface area (Å²) >= 11 is 1.76. The van der Waals surface area contributed by atoms with Crippen LogP contribution in [0.25, 0.3) is 0 Å². The number of aromatic nitrogens is 4. The summed E-state index contributed by atoms with van der Waals surface area (Å²) < 4.78 is 1.85. The molecule has 0 spiro atoms. The summed E-state index contributed by atoms with van der Waals surface area (Å²) in [4.78, 5) is 1.34. The van der Waals surface area contributed by atoms with Crippen LogP contribution >= 0.6 is 11.3 Å². The lowest BCUT2D eigenvalue weighted by Crippen LogP contribution is -2.14. The molecule has 2 aromatic heterocycles. The smallest absolute Gasteiger partial charge is 0.165 e. The SMILES string of the molecule is CCc1ccsc1Cn1nnnc1CNC. The van der Waals surface area contributed by atoms with Crippen molar-refractivity contribution in [1.82, 2.24) is 25.5 Å². The molecule has 86 valence electrons. The molecule has 0 saturated heterocycles. The van der Waals surface area contributed by atoms with Gasteiger partial charge in [-0.05, 0) is 40.9 Å². The van der Waals surface area contributed by atoms with Crippen molar-refractivity contribution in [2.45, 2.75) is 26.4 Å². The summed E-state index contributed by atoms with van der Waals surface area (Å²) in [5, 5.41) is 16.9. The van der Waals surface area contributed by atoms with Crippen LogP contribution in [-0.2, 0) is 19.5 Å². The number of rotatable bonds is 5. The predicted octanol–water partition coefficient (Wildman–Crippen LogP) is 1.06. The lowest BCUT2D eigenvalue weighted by atomic mass is 10.2. The van der Waals surface area contributed by atoms with Gasteiger partial charge < -0.3 is 5.32 Å². The van der Waals surface area contributed by atoms with Gasteiger partial charge in [-0.1, -0.05) is 6.92 Å². The van der Waals surface area contributed by atoms with E-state index in [0.717, 1.165) is 18.8 Å². The third-order valence-corrected chi connectivity index (χ3v) is 3.40. The summed E-state index contributed by atoms with van der Waals surface area (Å²) in [6.45, 7) is 3.63. The summed E-state index contributed by atoms with van der Waals surface area (Å²) in [5.74, 6) is 0.873. The van der Waals surface area contributed by atoms with Gasteiger partial charge in [-0.2, -0.15) is 0 Å². The van der Waals surface area contributed by atoms with Crippen molar-refractivity contribution in [3.8, 4) is 0 Å². The van der Waals surface area contributed by atoms with Gasteiger partial charge in [0.1, 0.15) is 0 Å². The highest BCUT2D eigenvalue weighted by atomic mass is 32.1. The Hall–Kier alpha value is -1.27. The number of nitrogens with zero attached hydrogens (tertiary/aromatic N) is 4. The standard InChI is InChI=1S/C10H15N5S/c1-3-8-4-5-16-9(8)7-15-10(6-11-2)12-13-14-15/h4-5,11H,3,6-7H2,1-2H3. The number of aryl methyl sites for hydroxylation is 1. The molecule has 0 amide bonds. The van der Waals surface area contributed by atoms with E-state index in [1.54, 1.807) is 11.3 Å². The first-order chi connectivity index (χ1) is 7.85. The highest BCUT2D eigenvalue weighted by Crippen LogP contribution is 2.18. The van der Waals surface area contributed by atoms with E-state index in [-0.39, 0.29) is 0 Å². The molecule has 0 radical (unpaired) electrons. The van der Waals surface area contributed by atoms with E-state index in [9.17, 15) is 0 Å². The van der Waals surface area contributed by atoms with Crippen LogP contribution in [0.15, 0.2) is 11.4 Å². The molecule has 2 aromatic rings. The van der Waals surface area contributed by atoms with Crippen LogP contribution < -0.4 is 5.32 Å². The topological polar surface area (TPSA) is 55.6 Å². The fourth-order valence-corrected chi connectivity index (χ4v) is 2.54. The second-order valence-electron chi connectivity index (χ2n) is 3.51. The number of thiophene rings is 1. The summed E-state index contributed by atoms with van der Waals surface area (Å²) in [7, 11) is 1.89. The van der Waals surface area contributed by atoms with Gasteiger partial charge in [-0.25, -0.2) is 4.68 Å². The zero-order valence-electron chi connectivity index (χ0n) is 9.47. The molecule has 0 saturated carbocycles. The quantitative estimate of drug-likeness (QED) is 0.845. The lowest BCUT2D eigenvalue weighted by Gasteiger charge is -2.04. The normalized spacial score (nSPS) is 10.9. The molecule has 6 heteroatoms. The zero-order chi connectivity index (χ0) is 11.4. The van der Waals surface area contributed by atoms with Gasteiger partial charge >= 0.3 is 0 Å². The predicted molar refractivity (Wildman–Crippen MR) is 63.4 cm³/mol. The number of nitrogens with one attached hydrogen (secondary N) is 1. The fraction of sp³-hybridized carbons (Fsp3) is 0.500. The molecule has 2 heterocycles. The second-order valence-corrected chi connectivity index (χ2v) is 4.51. The molecule has 0 aliphatic carbocycles. The van der Waals surface area contributed by atoms with E-state index in [0.29, 0.717) is 6.54 Å². The van der Waals surface area contributed by atoms with Gasteiger partial charge in [0.2, 0.25) is 0 Å². The Kier molecular flexibility index (Phi) is 3.63. The third kappa shape index (κ3) is 2.28. The van der Waals surface area contributed by atoms with Crippen LogP contribution in [0, 0.1) is 0 Å². The largest absolute Gasteiger partial charge is 0.313 e. The minimum Gasteiger partial charge on any atom is -0.313 e. The molecule has 0 aliphatic rings. The molecular formula is C10H15N5S. The molecule has 0 unspecified atom stereocenters. The van der Waals surface area contributed by atoms with E-state index in [1.807, 2.05) is 11.7 Å². The first-order valence-corrected chi connectivity index (χ1v) is 6.18. The Labute approximate surface area is 98.5 Å². The Morgan fingerprint density at radius 3 is 3.12 bits per heavy atom. The maximum absolute atomic E-state index is 4.01. The van der Waals surface area contributed by atoms with Crippen molar-refractivity contribution < 1.29 is 0 Å². The molecule has 1 N–H and O–H groups in total. The number of hydrogen-bond acceptors (Lipinski definition) is 5. The van der Waals surface area contributed by atoms with Crippen LogP contribution in [-0.4, -0.2) is 27.3 Å². The van der Waals surface area contributed by atoms with Crippen LogP contribution in [0.1, 0.15) is 23.2 Å². The molecule has 0 bridgehead atoms. The Morgan fingerprint density at radius 2 is 2.38 bits per heavy atom. The van der Waals surface area contributed by atoms with Gasteiger partial charge in [0, 0.05) is 4.88 Å². The third-order valence-electron chi connectivity index (χ3n) is 2.45. The number of tetrazole rings is 1. The molecule has 0 fully saturated rings. The molecule has 16 heavy (non-hydrogen) atoms. The molecule has 2 rings (SSSR count). The van der Waals surface area contributed by atoms with E-state index < -0.39 is 0 Å². The fourth-order valence-electron chi connectivity index (χ4n) is 1.59. The molecule has 0 aliphatic heterocycles.